The number of nitrogens with zero attached hydrogens (tertiary/aromatic N) is 2. The normalized spacial score (nSPS) is 11.5. The molecular weight excluding hydrogens is 636 g/mol. The molecule has 3 aromatic carbocycles. The fourth-order valence-electron chi connectivity index (χ4n) is 3.58. The van der Waals surface area contributed by atoms with Crippen molar-refractivity contribution in [3.8, 4) is 11.5 Å². The van der Waals surface area contributed by atoms with E-state index < -0.39 is 17.6 Å². The van der Waals surface area contributed by atoms with Crippen molar-refractivity contribution >= 4 is 69.1 Å². The summed E-state index contributed by atoms with van der Waals surface area (Å²) in [5.74, 6) is 0.282. The lowest BCUT2D eigenvalue weighted by molar-refractivity contribution is -0.137. The van der Waals surface area contributed by atoms with Crippen LogP contribution in [-0.4, -0.2) is 23.7 Å². The number of nitrogens with one attached hydrogen (secondary N) is 2. The molecule has 14 heteroatoms. The topological polar surface area (TPSA) is 84.8 Å². The van der Waals surface area contributed by atoms with Crippen LogP contribution in [0, 0.1) is 0 Å². The Kier molecular flexibility index (Phi) is 10.6. The summed E-state index contributed by atoms with van der Waals surface area (Å²) in [5, 5.41) is 9.89. The van der Waals surface area contributed by atoms with Crippen LogP contribution in [0.5, 0.6) is 11.5 Å². The molecule has 0 saturated heterocycles. The molecular formula is C28H22Cl3F3N4O3S. The predicted molar refractivity (Wildman–Crippen MR) is 160 cm³/mol. The molecule has 0 unspecified atom stereocenters. The van der Waals surface area contributed by atoms with Gasteiger partial charge in [0.15, 0.2) is 16.6 Å². The number of rotatable bonds is 11. The number of alkyl halides is 3. The molecule has 1 amide bonds. The van der Waals surface area contributed by atoms with Gasteiger partial charge in [-0.2, -0.15) is 18.3 Å². The van der Waals surface area contributed by atoms with Crippen molar-refractivity contribution in [2.45, 2.75) is 26.1 Å². The standard InChI is InChI=1S/C28H22Cl3F3N4O3S/c1-2-40-24-10-17(9-23(31)26(24)41-14-16-6-7-21(29)22(30)8-16)13-35-38-25(39)12-20-15-42-27(37-20)36-19-5-3-4-18(11-19)28(32,33)34/h3-11,13,15H,2,12,14H2,1H3,(H,36,37)(H,38,39)/b35-13-. The average Bonchev–Trinajstić information content (AvgIpc) is 3.36. The molecule has 0 aliphatic rings. The molecule has 7 nitrogen and oxygen atoms in total. The van der Waals surface area contributed by atoms with Crippen molar-refractivity contribution in [2.75, 3.05) is 11.9 Å². The molecule has 1 aromatic heterocycles. The number of thiazole rings is 1. The van der Waals surface area contributed by atoms with Gasteiger partial charge in [0.05, 0.1) is 45.6 Å². The summed E-state index contributed by atoms with van der Waals surface area (Å²) in [7, 11) is 0. The first-order chi connectivity index (χ1) is 20.0. The molecule has 0 atom stereocenters. The summed E-state index contributed by atoms with van der Waals surface area (Å²) in [6.45, 7) is 2.35. The lowest BCUT2D eigenvalue weighted by atomic mass is 10.2. The Morgan fingerprint density at radius 1 is 1.05 bits per heavy atom. The van der Waals surface area contributed by atoms with Crippen molar-refractivity contribution in [3.63, 3.8) is 0 Å². The number of hydrogen-bond acceptors (Lipinski definition) is 7. The van der Waals surface area contributed by atoms with Gasteiger partial charge in [0, 0.05) is 11.1 Å². The Balaban J connectivity index is 1.34. The second kappa shape index (κ2) is 14.1. The smallest absolute Gasteiger partial charge is 0.416 e. The number of aromatic nitrogens is 1. The van der Waals surface area contributed by atoms with Gasteiger partial charge in [0.2, 0.25) is 5.91 Å². The number of anilines is 2. The first kappa shape index (κ1) is 31.4. The van der Waals surface area contributed by atoms with Crippen LogP contribution >= 0.6 is 46.1 Å². The molecule has 0 aliphatic carbocycles. The molecule has 0 spiro atoms. The maximum Gasteiger partial charge on any atom is 0.416 e. The quantitative estimate of drug-likeness (QED) is 0.125. The Morgan fingerprint density at radius 3 is 2.60 bits per heavy atom. The fraction of sp³-hybridized carbons (Fsp3) is 0.179. The molecule has 42 heavy (non-hydrogen) atoms. The summed E-state index contributed by atoms with van der Waals surface area (Å²) in [5.41, 5.74) is 3.63. The molecule has 2 N–H and O–H groups in total. The number of halogens is 6. The van der Waals surface area contributed by atoms with Gasteiger partial charge in [0.25, 0.3) is 0 Å². The van der Waals surface area contributed by atoms with Gasteiger partial charge in [-0.3, -0.25) is 4.79 Å². The fourth-order valence-corrected chi connectivity index (χ4v) is 4.90. The summed E-state index contributed by atoms with van der Waals surface area (Å²) in [6, 6.07) is 13.2. The molecule has 220 valence electrons. The minimum atomic E-state index is -4.46. The Morgan fingerprint density at radius 2 is 1.86 bits per heavy atom. The maximum absolute atomic E-state index is 12.9. The van der Waals surface area contributed by atoms with E-state index in [9.17, 15) is 18.0 Å². The van der Waals surface area contributed by atoms with Gasteiger partial charge in [-0.05, 0) is 60.5 Å². The summed E-state index contributed by atoms with van der Waals surface area (Å²) in [4.78, 5) is 16.6. The third kappa shape index (κ3) is 8.75. The minimum Gasteiger partial charge on any atom is -0.490 e. The van der Waals surface area contributed by atoms with Gasteiger partial charge >= 0.3 is 6.18 Å². The highest BCUT2D eigenvalue weighted by Crippen LogP contribution is 2.37. The van der Waals surface area contributed by atoms with E-state index in [1.165, 1.54) is 18.3 Å². The SMILES string of the molecule is CCOc1cc(/C=N\NC(=O)Cc2csc(Nc3cccc(C(F)(F)F)c3)n2)cc(Cl)c1OCc1ccc(Cl)c(Cl)c1. The summed E-state index contributed by atoms with van der Waals surface area (Å²) >= 11 is 19.7. The predicted octanol–water partition coefficient (Wildman–Crippen LogP) is 8.54. The number of benzene rings is 3. The molecule has 1 heterocycles. The first-order valence-corrected chi connectivity index (χ1v) is 14.3. The van der Waals surface area contributed by atoms with Crippen molar-refractivity contribution < 1.29 is 27.4 Å². The Bertz CT molecular complexity index is 1600. The average molecular weight is 658 g/mol. The molecule has 4 aromatic rings. The second-order valence-corrected chi connectivity index (χ2v) is 10.7. The number of hydrogen-bond donors (Lipinski definition) is 2. The lowest BCUT2D eigenvalue weighted by Crippen LogP contribution is -2.20. The monoisotopic (exact) mass is 656 g/mol. The first-order valence-electron chi connectivity index (χ1n) is 12.3. The number of carbonyl (C=O) groups is 1. The molecule has 0 bridgehead atoms. The number of ether oxygens (including phenoxy) is 2. The van der Waals surface area contributed by atoms with Crippen LogP contribution in [0.25, 0.3) is 0 Å². The second-order valence-electron chi connectivity index (χ2n) is 8.62. The van der Waals surface area contributed by atoms with Gasteiger partial charge in [-0.25, -0.2) is 10.4 Å². The van der Waals surface area contributed by atoms with Crippen LogP contribution in [0.3, 0.4) is 0 Å². The molecule has 0 radical (unpaired) electrons. The molecule has 4 rings (SSSR count). The highest BCUT2D eigenvalue weighted by Gasteiger charge is 2.30. The molecule has 0 fully saturated rings. The summed E-state index contributed by atoms with van der Waals surface area (Å²) < 4.78 is 50.4. The maximum atomic E-state index is 12.9. The Hall–Kier alpha value is -3.51. The number of hydrazone groups is 1. The van der Waals surface area contributed by atoms with Gasteiger partial charge < -0.3 is 14.8 Å². The zero-order chi connectivity index (χ0) is 30.3. The zero-order valence-electron chi connectivity index (χ0n) is 21.8. The third-order valence-electron chi connectivity index (χ3n) is 5.44. The van der Waals surface area contributed by atoms with Crippen molar-refractivity contribution in [3.05, 3.63) is 97.4 Å². The van der Waals surface area contributed by atoms with Gasteiger partial charge in [-0.15, -0.1) is 11.3 Å². The lowest BCUT2D eigenvalue weighted by Gasteiger charge is -2.14. The highest BCUT2D eigenvalue weighted by atomic mass is 35.5. The van der Waals surface area contributed by atoms with E-state index in [2.05, 4.69) is 20.8 Å². The van der Waals surface area contributed by atoms with Crippen LogP contribution in [0.1, 0.15) is 29.3 Å². The highest BCUT2D eigenvalue weighted by molar-refractivity contribution is 7.13. The Labute approximate surface area is 258 Å². The van der Waals surface area contributed by atoms with E-state index in [-0.39, 0.29) is 23.7 Å². The van der Waals surface area contributed by atoms with E-state index in [1.54, 1.807) is 35.7 Å². The van der Waals surface area contributed by atoms with E-state index in [1.807, 2.05) is 6.92 Å². The zero-order valence-corrected chi connectivity index (χ0v) is 24.9. The van der Waals surface area contributed by atoms with E-state index in [4.69, 9.17) is 44.3 Å². The van der Waals surface area contributed by atoms with Crippen molar-refractivity contribution in [1.29, 1.82) is 0 Å². The third-order valence-corrected chi connectivity index (χ3v) is 7.26. The van der Waals surface area contributed by atoms with Gasteiger partial charge in [-0.1, -0.05) is 46.9 Å². The van der Waals surface area contributed by atoms with E-state index in [0.29, 0.717) is 44.5 Å². The van der Waals surface area contributed by atoms with E-state index >= 15 is 0 Å². The van der Waals surface area contributed by atoms with E-state index in [0.717, 1.165) is 29.0 Å². The largest absolute Gasteiger partial charge is 0.490 e. The van der Waals surface area contributed by atoms with Crippen LogP contribution < -0.4 is 20.2 Å². The number of carbonyl (C=O) groups excluding carboxylic acids is 1. The molecule has 0 saturated carbocycles. The van der Waals surface area contributed by atoms with Crippen LogP contribution in [0.4, 0.5) is 24.0 Å². The van der Waals surface area contributed by atoms with Crippen molar-refractivity contribution in [2.24, 2.45) is 5.10 Å². The number of amides is 1. The van der Waals surface area contributed by atoms with Gasteiger partial charge in [0.1, 0.15) is 6.61 Å². The van der Waals surface area contributed by atoms with Crippen molar-refractivity contribution in [1.82, 2.24) is 10.4 Å². The van der Waals surface area contributed by atoms with Crippen LogP contribution in [0.15, 0.2) is 65.1 Å². The van der Waals surface area contributed by atoms with Crippen LogP contribution in [-0.2, 0) is 24.0 Å². The molecule has 0 aliphatic heterocycles. The van der Waals surface area contributed by atoms with Crippen LogP contribution in [0.2, 0.25) is 15.1 Å². The summed E-state index contributed by atoms with van der Waals surface area (Å²) in [6.07, 6.45) is -3.15. The minimum absolute atomic E-state index is 0.0927.